The Bertz CT molecular complexity index is 455. The summed E-state index contributed by atoms with van der Waals surface area (Å²) in [5, 5.41) is 0.373. The molecule has 2 rings (SSSR count). The van der Waals surface area contributed by atoms with E-state index in [1.165, 1.54) is 6.33 Å². The number of imidazole rings is 1. The Morgan fingerprint density at radius 2 is 2.20 bits per heavy atom. The van der Waals surface area contributed by atoms with E-state index in [4.69, 9.17) is 17.3 Å². The summed E-state index contributed by atoms with van der Waals surface area (Å²) in [6.45, 7) is 2.53. The molecule has 82 valence electrons. The molecule has 2 aromatic rings. The minimum Gasteiger partial charge on any atom is -0.328 e. The van der Waals surface area contributed by atoms with Crippen molar-refractivity contribution >= 4 is 35.2 Å². The van der Waals surface area contributed by atoms with Crippen molar-refractivity contribution in [3.8, 4) is 0 Å². The lowest BCUT2D eigenvalue weighted by Gasteiger charge is -2.09. The van der Waals surface area contributed by atoms with Gasteiger partial charge in [0.05, 0.1) is 6.33 Å². The van der Waals surface area contributed by atoms with E-state index in [1.807, 2.05) is 11.5 Å². The van der Waals surface area contributed by atoms with Gasteiger partial charge in [-0.05, 0) is 6.92 Å². The van der Waals surface area contributed by atoms with Gasteiger partial charge >= 0.3 is 0 Å². The summed E-state index contributed by atoms with van der Waals surface area (Å²) in [6, 6.07) is 0.158. The molecule has 15 heavy (non-hydrogen) atoms. The summed E-state index contributed by atoms with van der Waals surface area (Å²) in [6.07, 6.45) is 3.11. The summed E-state index contributed by atoms with van der Waals surface area (Å²) >= 11 is 5.86. The van der Waals surface area contributed by atoms with Crippen LogP contribution >= 0.6 is 24.0 Å². The predicted octanol–water partition coefficient (Wildman–Crippen LogP) is 1.42. The second kappa shape index (κ2) is 4.74. The van der Waals surface area contributed by atoms with Crippen molar-refractivity contribution in [2.75, 3.05) is 6.54 Å². The molecule has 2 N–H and O–H groups in total. The second-order valence-electron chi connectivity index (χ2n) is 3.07. The van der Waals surface area contributed by atoms with Crippen LogP contribution in [0, 0.1) is 0 Å². The molecule has 5 nitrogen and oxygen atoms in total. The summed E-state index contributed by atoms with van der Waals surface area (Å²) in [5.74, 6) is 0. The van der Waals surface area contributed by atoms with Crippen LogP contribution in [0.3, 0.4) is 0 Å². The Morgan fingerprint density at radius 3 is 2.87 bits per heavy atom. The highest BCUT2D eigenvalue weighted by molar-refractivity contribution is 6.33. The van der Waals surface area contributed by atoms with Crippen LogP contribution in [-0.4, -0.2) is 26.1 Å². The van der Waals surface area contributed by atoms with Crippen LogP contribution in [0.15, 0.2) is 12.7 Å². The van der Waals surface area contributed by atoms with Crippen molar-refractivity contribution in [1.29, 1.82) is 0 Å². The van der Waals surface area contributed by atoms with E-state index in [1.54, 1.807) is 6.33 Å². The van der Waals surface area contributed by atoms with Gasteiger partial charge in [0.15, 0.2) is 10.8 Å². The molecule has 0 saturated heterocycles. The molecule has 0 fully saturated rings. The molecule has 1 atom stereocenters. The van der Waals surface area contributed by atoms with Crippen molar-refractivity contribution < 1.29 is 0 Å². The fraction of sp³-hybridized carbons (Fsp3) is 0.375. The molecule has 0 aliphatic heterocycles. The first-order chi connectivity index (χ1) is 6.74. The van der Waals surface area contributed by atoms with Crippen LogP contribution in [0.5, 0.6) is 0 Å². The normalized spacial score (nSPS) is 12.5. The first-order valence-electron chi connectivity index (χ1n) is 4.27. The first-order valence-corrected chi connectivity index (χ1v) is 4.65. The van der Waals surface area contributed by atoms with Crippen molar-refractivity contribution in [3.05, 3.63) is 17.8 Å². The summed E-state index contributed by atoms with van der Waals surface area (Å²) in [4.78, 5) is 12.1. The van der Waals surface area contributed by atoms with Crippen molar-refractivity contribution in [1.82, 2.24) is 19.5 Å². The van der Waals surface area contributed by atoms with Crippen molar-refractivity contribution in [2.45, 2.75) is 13.0 Å². The Morgan fingerprint density at radius 1 is 1.47 bits per heavy atom. The lowest BCUT2D eigenvalue weighted by Crippen LogP contribution is -2.15. The Hall–Kier alpha value is -0.910. The predicted molar refractivity (Wildman–Crippen MR) is 61.3 cm³/mol. The number of rotatable bonds is 2. The highest BCUT2D eigenvalue weighted by Crippen LogP contribution is 2.19. The lowest BCUT2D eigenvalue weighted by atomic mass is 10.3. The van der Waals surface area contributed by atoms with E-state index in [9.17, 15) is 0 Å². The molecule has 1 unspecified atom stereocenters. The van der Waals surface area contributed by atoms with Gasteiger partial charge in [-0.15, -0.1) is 12.4 Å². The molecule has 2 heterocycles. The number of hydrogen-bond acceptors (Lipinski definition) is 4. The minimum atomic E-state index is 0. The van der Waals surface area contributed by atoms with E-state index < -0.39 is 0 Å². The van der Waals surface area contributed by atoms with Gasteiger partial charge in [-0.3, -0.25) is 0 Å². The molecular formula is C8H11Cl2N5. The molecule has 0 saturated carbocycles. The van der Waals surface area contributed by atoms with E-state index in [0.29, 0.717) is 17.2 Å². The minimum absolute atomic E-state index is 0. The lowest BCUT2D eigenvalue weighted by molar-refractivity contribution is 0.569. The molecule has 0 radical (unpaired) electrons. The monoisotopic (exact) mass is 247 g/mol. The standard InChI is InChI=1S/C8H10ClN5.ClH/c1-5(2-10)14-4-13-6-7(9)11-3-12-8(6)14;/h3-5H,2,10H2,1H3;1H. The van der Waals surface area contributed by atoms with Gasteiger partial charge in [0.1, 0.15) is 11.8 Å². The quantitative estimate of drug-likeness (QED) is 0.816. The van der Waals surface area contributed by atoms with Crippen LogP contribution in [0.1, 0.15) is 13.0 Å². The number of nitrogens with zero attached hydrogens (tertiary/aromatic N) is 4. The van der Waals surface area contributed by atoms with E-state index in [2.05, 4.69) is 15.0 Å². The van der Waals surface area contributed by atoms with Gasteiger partial charge in [0.2, 0.25) is 0 Å². The zero-order chi connectivity index (χ0) is 10.1. The number of fused-ring (bicyclic) bond motifs is 1. The SMILES string of the molecule is CC(CN)n1cnc2c(Cl)ncnc21.Cl. The largest absolute Gasteiger partial charge is 0.328 e. The summed E-state index contributed by atoms with van der Waals surface area (Å²) in [5.41, 5.74) is 6.91. The van der Waals surface area contributed by atoms with E-state index in [0.717, 1.165) is 5.65 Å². The van der Waals surface area contributed by atoms with Gasteiger partial charge in [-0.25, -0.2) is 15.0 Å². The molecule has 0 spiro atoms. The smallest absolute Gasteiger partial charge is 0.165 e. The Kier molecular flexibility index (Phi) is 3.84. The molecule has 7 heteroatoms. The van der Waals surface area contributed by atoms with Crippen LogP contribution in [-0.2, 0) is 0 Å². The van der Waals surface area contributed by atoms with Crippen LogP contribution in [0.25, 0.3) is 11.2 Å². The maximum absolute atomic E-state index is 5.86. The van der Waals surface area contributed by atoms with Crippen molar-refractivity contribution in [2.24, 2.45) is 5.73 Å². The Balaban J connectivity index is 0.00000112. The third-order valence-electron chi connectivity index (χ3n) is 2.13. The fourth-order valence-corrected chi connectivity index (χ4v) is 1.44. The molecule has 0 bridgehead atoms. The molecule has 0 aliphatic rings. The molecule has 0 aromatic carbocycles. The Labute approximate surface area is 98.1 Å². The molecule has 2 aromatic heterocycles. The zero-order valence-corrected chi connectivity index (χ0v) is 9.66. The van der Waals surface area contributed by atoms with Gasteiger partial charge in [0, 0.05) is 12.6 Å². The molecular weight excluding hydrogens is 237 g/mol. The van der Waals surface area contributed by atoms with Gasteiger partial charge in [-0.1, -0.05) is 11.6 Å². The zero-order valence-electron chi connectivity index (χ0n) is 8.09. The maximum atomic E-state index is 5.86. The number of nitrogens with two attached hydrogens (primary N) is 1. The topological polar surface area (TPSA) is 69.6 Å². The van der Waals surface area contributed by atoms with Gasteiger partial charge in [0.25, 0.3) is 0 Å². The summed E-state index contributed by atoms with van der Waals surface area (Å²) in [7, 11) is 0. The number of aromatic nitrogens is 4. The van der Waals surface area contributed by atoms with E-state index >= 15 is 0 Å². The third-order valence-corrected chi connectivity index (χ3v) is 2.41. The average Bonchev–Trinajstić information content (AvgIpc) is 2.62. The highest BCUT2D eigenvalue weighted by atomic mass is 35.5. The van der Waals surface area contributed by atoms with Crippen LogP contribution < -0.4 is 5.73 Å². The summed E-state index contributed by atoms with van der Waals surface area (Å²) < 4.78 is 1.89. The first kappa shape index (κ1) is 12.2. The molecule has 0 aliphatic carbocycles. The number of halogens is 2. The van der Waals surface area contributed by atoms with Crippen LogP contribution in [0.2, 0.25) is 5.15 Å². The highest BCUT2D eigenvalue weighted by Gasteiger charge is 2.11. The van der Waals surface area contributed by atoms with Crippen molar-refractivity contribution in [3.63, 3.8) is 0 Å². The van der Waals surface area contributed by atoms with Gasteiger partial charge in [-0.2, -0.15) is 0 Å². The average molecular weight is 248 g/mol. The third kappa shape index (κ3) is 2.04. The second-order valence-corrected chi connectivity index (χ2v) is 3.43. The van der Waals surface area contributed by atoms with Crippen LogP contribution in [0.4, 0.5) is 0 Å². The van der Waals surface area contributed by atoms with Gasteiger partial charge < -0.3 is 10.3 Å². The fourth-order valence-electron chi connectivity index (χ4n) is 1.26. The maximum Gasteiger partial charge on any atom is 0.165 e. The molecule has 0 amide bonds. The number of hydrogen-bond donors (Lipinski definition) is 1. The van der Waals surface area contributed by atoms with E-state index in [-0.39, 0.29) is 18.4 Å².